The van der Waals surface area contributed by atoms with Crippen molar-refractivity contribution in [2.45, 2.75) is 26.3 Å². The molecular formula is C13H19NO4S. The van der Waals surface area contributed by atoms with Crippen LogP contribution in [0.5, 0.6) is 0 Å². The molecule has 2 N–H and O–H groups in total. The molecule has 6 heteroatoms. The van der Waals surface area contributed by atoms with Crippen LogP contribution >= 0.6 is 0 Å². The highest BCUT2D eigenvalue weighted by Gasteiger charge is 2.26. The molecule has 0 radical (unpaired) electrons. The summed E-state index contributed by atoms with van der Waals surface area (Å²) in [4.78, 5) is 11.0. The number of carboxylic acid groups (broad SMARTS) is 1. The highest BCUT2D eigenvalue weighted by Crippen LogP contribution is 2.06. The van der Waals surface area contributed by atoms with Gasteiger partial charge in [-0.3, -0.25) is 4.79 Å². The second-order valence-electron chi connectivity index (χ2n) is 4.73. The van der Waals surface area contributed by atoms with Crippen molar-refractivity contribution in [3.8, 4) is 0 Å². The van der Waals surface area contributed by atoms with Gasteiger partial charge in [-0.2, -0.15) is 0 Å². The van der Waals surface area contributed by atoms with Crippen LogP contribution in [0.3, 0.4) is 0 Å². The maximum atomic E-state index is 11.8. The fraction of sp³-hybridized carbons (Fsp3) is 0.462. The number of aryl methyl sites for hydroxylation is 1. The molecule has 0 aliphatic carbocycles. The molecule has 5 nitrogen and oxygen atoms in total. The molecule has 0 aliphatic rings. The second kappa shape index (κ2) is 6.68. The Kier molecular flexibility index (Phi) is 5.50. The van der Waals surface area contributed by atoms with Crippen molar-refractivity contribution in [2.24, 2.45) is 5.92 Å². The van der Waals surface area contributed by atoms with Crippen molar-refractivity contribution in [1.82, 2.24) is 4.72 Å². The molecule has 1 rings (SSSR count). The first-order valence-electron chi connectivity index (χ1n) is 6.08. The molecular weight excluding hydrogens is 266 g/mol. The minimum Gasteiger partial charge on any atom is -0.480 e. The third-order valence-electron chi connectivity index (χ3n) is 2.74. The summed E-state index contributed by atoms with van der Waals surface area (Å²) in [6.07, 6.45) is 0.362. The third-order valence-corrected chi connectivity index (χ3v) is 4.10. The largest absolute Gasteiger partial charge is 0.480 e. The minimum atomic E-state index is -3.60. The van der Waals surface area contributed by atoms with E-state index in [0.29, 0.717) is 6.42 Å². The van der Waals surface area contributed by atoms with E-state index in [9.17, 15) is 13.2 Å². The zero-order valence-corrected chi connectivity index (χ0v) is 11.9. The molecule has 1 aromatic carbocycles. The van der Waals surface area contributed by atoms with Gasteiger partial charge in [0.05, 0.1) is 5.75 Å². The van der Waals surface area contributed by atoms with Gasteiger partial charge in [-0.1, -0.05) is 44.2 Å². The van der Waals surface area contributed by atoms with Gasteiger partial charge in [-0.15, -0.1) is 0 Å². The number of sulfonamides is 1. The topological polar surface area (TPSA) is 83.5 Å². The number of hydrogen-bond donors (Lipinski definition) is 2. The average Bonchev–Trinajstić information content (AvgIpc) is 2.34. The van der Waals surface area contributed by atoms with Crippen molar-refractivity contribution >= 4 is 16.0 Å². The average molecular weight is 285 g/mol. The highest BCUT2D eigenvalue weighted by molar-refractivity contribution is 7.89. The Labute approximate surface area is 113 Å². The summed E-state index contributed by atoms with van der Waals surface area (Å²) >= 11 is 0. The maximum absolute atomic E-state index is 11.8. The molecule has 0 unspecified atom stereocenters. The SMILES string of the molecule is CC(C)[C@H](NS(=O)(=O)CCc1ccccc1)C(=O)O. The molecule has 0 aliphatic heterocycles. The summed E-state index contributed by atoms with van der Waals surface area (Å²) in [6.45, 7) is 3.33. The van der Waals surface area contributed by atoms with Gasteiger partial charge in [-0.25, -0.2) is 13.1 Å². The van der Waals surface area contributed by atoms with E-state index in [1.165, 1.54) is 0 Å². The fourth-order valence-electron chi connectivity index (χ4n) is 1.62. The predicted octanol–water partition coefficient (Wildman–Crippen LogP) is 1.26. The lowest BCUT2D eigenvalue weighted by atomic mass is 10.1. The van der Waals surface area contributed by atoms with E-state index < -0.39 is 22.0 Å². The van der Waals surface area contributed by atoms with Gasteiger partial charge < -0.3 is 5.11 Å². The third kappa shape index (κ3) is 5.40. The first kappa shape index (κ1) is 15.7. The van der Waals surface area contributed by atoms with Crippen molar-refractivity contribution in [1.29, 1.82) is 0 Å². The van der Waals surface area contributed by atoms with Crippen molar-refractivity contribution in [3.63, 3.8) is 0 Å². The van der Waals surface area contributed by atoms with Crippen LogP contribution in [0.4, 0.5) is 0 Å². The van der Waals surface area contributed by atoms with Gasteiger partial charge in [0.15, 0.2) is 0 Å². The van der Waals surface area contributed by atoms with Gasteiger partial charge in [0.2, 0.25) is 10.0 Å². The van der Waals surface area contributed by atoms with Crippen LogP contribution in [0.15, 0.2) is 30.3 Å². The lowest BCUT2D eigenvalue weighted by Crippen LogP contribution is -2.45. The maximum Gasteiger partial charge on any atom is 0.321 e. The smallest absolute Gasteiger partial charge is 0.321 e. The molecule has 106 valence electrons. The number of carboxylic acids is 1. The summed E-state index contributed by atoms with van der Waals surface area (Å²) in [7, 11) is -3.60. The molecule has 0 aromatic heterocycles. The molecule has 1 atom stereocenters. The Balaban J connectivity index is 2.64. The molecule has 19 heavy (non-hydrogen) atoms. The molecule has 0 heterocycles. The number of rotatable bonds is 7. The molecule has 0 fully saturated rings. The highest BCUT2D eigenvalue weighted by atomic mass is 32.2. The summed E-state index contributed by atoms with van der Waals surface area (Å²) in [5.74, 6) is -1.57. The van der Waals surface area contributed by atoms with Gasteiger partial charge in [0.1, 0.15) is 6.04 Å². The van der Waals surface area contributed by atoms with Crippen LogP contribution in [-0.4, -0.2) is 31.3 Å². The second-order valence-corrected chi connectivity index (χ2v) is 6.61. The zero-order chi connectivity index (χ0) is 14.5. The van der Waals surface area contributed by atoms with Crippen LogP contribution in [0.1, 0.15) is 19.4 Å². The van der Waals surface area contributed by atoms with E-state index >= 15 is 0 Å². The molecule has 1 aromatic rings. The summed E-state index contributed by atoms with van der Waals surface area (Å²) in [5.41, 5.74) is 0.907. The van der Waals surface area contributed by atoms with Gasteiger partial charge >= 0.3 is 5.97 Å². The lowest BCUT2D eigenvalue weighted by Gasteiger charge is -2.17. The van der Waals surface area contributed by atoms with Crippen LogP contribution in [-0.2, 0) is 21.2 Å². The predicted molar refractivity (Wildman–Crippen MR) is 73.3 cm³/mol. The molecule has 0 bridgehead atoms. The number of benzene rings is 1. The summed E-state index contributed by atoms with van der Waals surface area (Å²) in [5, 5.41) is 8.97. The standard InChI is InChI=1S/C13H19NO4S/c1-10(2)12(13(15)16)14-19(17,18)9-8-11-6-4-3-5-7-11/h3-7,10,12,14H,8-9H2,1-2H3,(H,15,16)/t12-/m0/s1. The fourth-order valence-corrected chi connectivity index (χ4v) is 3.00. The molecule has 0 saturated carbocycles. The molecule has 0 saturated heterocycles. The Morgan fingerprint density at radius 1 is 1.26 bits per heavy atom. The number of aliphatic carboxylic acids is 1. The van der Waals surface area contributed by atoms with E-state index in [1.807, 2.05) is 30.3 Å². The van der Waals surface area contributed by atoms with E-state index in [4.69, 9.17) is 5.11 Å². The monoisotopic (exact) mass is 285 g/mol. The number of carbonyl (C=O) groups is 1. The van der Waals surface area contributed by atoms with Crippen LogP contribution in [0.2, 0.25) is 0 Å². The summed E-state index contributed by atoms with van der Waals surface area (Å²) in [6, 6.07) is 8.13. The quantitative estimate of drug-likeness (QED) is 0.790. The van der Waals surface area contributed by atoms with Crippen LogP contribution in [0.25, 0.3) is 0 Å². The molecule has 0 spiro atoms. The zero-order valence-electron chi connectivity index (χ0n) is 11.0. The van der Waals surface area contributed by atoms with Crippen molar-refractivity contribution < 1.29 is 18.3 Å². The molecule has 0 amide bonds. The number of hydrogen-bond acceptors (Lipinski definition) is 3. The summed E-state index contributed by atoms with van der Waals surface area (Å²) < 4.78 is 25.9. The van der Waals surface area contributed by atoms with Crippen LogP contribution < -0.4 is 4.72 Å². The van der Waals surface area contributed by atoms with E-state index in [-0.39, 0.29) is 11.7 Å². The van der Waals surface area contributed by atoms with Crippen molar-refractivity contribution in [3.05, 3.63) is 35.9 Å². The Morgan fingerprint density at radius 3 is 2.32 bits per heavy atom. The van der Waals surface area contributed by atoms with Gasteiger partial charge in [-0.05, 0) is 17.9 Å². The number of nitrogens with one attached hydrogen (secondary N) is 1. The Morgan fingerprint density at radius 2 is 1.84 bits per heavy atom. The first-order chi connectivity index (χ1) is 8.82. The van der Waals surface area contributed by atoms with E-state index in [1.54, 1.807) is 13.8 Å². The van der Waals surface area contributed by atoms with Crippen LogP contribution in [0, 0.1) is 5.92 Å². The Hall–Kier alpha value is -1.40. The van der Waals surface area contributed by atoms with Gasteiger partial charge in [0.25, 0.3) is 0 Å². The van der Waals surface area contributed by atoms with Gasteiger partial charge in [0, 0.05) is 0 Å². The minimum absolute atomic E-state index is 0.118. The van der Waals surface area contributed by atoms with E-state index in [0.717, 1.165) is 5.56 Å². The normalized spacial score (nSPS) is 13.4. The first-order valence-corrected chi connectivity index (χ1v) is 7.74. The van der Waals surface area contributed by atoms with E-state index in [2.05, 4.69) is 4.72 Å². The lowest BCUT2D eigenvalue weighted by molar-refractivity contribution is -0.140. The Bertz CT molecular complexity index is 511. The van der Waals surface area contributed by atoms with Crippen molar-refractivity contribution in [2.75, 3.05) is 5.75 Å².